The lowest BCUT2D eigenvalue weighted by atomic mass is 9.96. The highest BCUT2D eigenvalue weighted by Gasteiger charge is 2.21. The van der Waals surface area contributed by atoms with Gasteiger partial charge < -0.3 is 10.1 Å². The van der Waals surface area contributed by atoms with E-state index in [1.807, 2.05) is 0 Å². The normalized spacial score (nSPS) is 18.9. The molecule has 1 aliphatic rings. The second-order valence-electron chi connectivity index (χ2n) is 5.13. The molecule has 0 radical (unpaired) electrons. The zero-order valence-electron chi connectivity index (χ0n) is 11.1. The van der Waals surface area contributed by atoms with Crippen molar-refractivity contribution in [3.8, 4) is 5.75 Å². The van der Waals surface area contributed by atoms with Crippen molar-refractivity contribution in [1.82, 2.24) is 5.32 Å². The Hall–Kier alpha value is -1.02. The summed E-state index contributed by atoms with van der Waals surface area (Å²) >= 11 is 0. The Bertz CT molecular complexity index is 373. The molecule has 17 heavy (non-hydrogen) atoms. The Morgan fingerprint density at radius 3 is 2.94 bits per heavy atom. The summed E-state index contributed by atoms with van der Waals surface area (Å²) in [5.74, 6) is 1.06. The molecule has 0 bridgehead atoms. The van der Waals surface area contributed by atoms with Gasteiger partial charge >= 0.3 is 0 Å². The molecule has 1 aromatic carbocycles. The largest absolute Gasteiger partial charge is 0.493 e. The van der Waals surface area contributed by atoms with E-state index in [2.05, 4.69) is 44.3 Å². The fraction of sp³-hybridized carbons (Fsp3) is 0.600. The Labute approximate surface area is 104 Å². The first-order chi connectivity index (χ1) is 8.20. The molecule has 2 rings (SSSR count). The van der Waals surface area contributed by atoms with Crippen molar-refractivity contribution >= 4 is 0 Å². The number of ether oxygens (including phenoxy) is 1. The van der Waals surface area contributed by atoms with Gasteiger partial charge in [-0.1, -0.05) is 39.3 Å². The lowest BCUT2D eigenvalue weighted by molar-refractivity contribution is 0.247. The number of fused-ring (bicyclic) bond motifs is 1. The molecule has 1 atom stereocenters. The van der Waals surface area contributed by atoms with Gasteiger partial charge in [-0.15, -0.1) is 0 Å². The molecule has 0 spiro atoms. The van der Waals surface area contributed by atoms with Crippen LogP contribution in [0.15, 0.2) is 18.2 Å². The van der Waals surface area contributed by atoms with E-state index in [1.165, 1.54) is 17.5 Å². The molecule has 1 aromatic rings. The van der Waals surface area contributed by atoms with Crippen LogP contribution in [0.4, 0.5) is 0 Å². The van der Waals surface area contributed by atoms with Crippen LogP contribution in [0.5, 0.6) is 5.75 Å². The van der Waals surface area contributed by atoms with Crippen molar-refractivity contribution in [2.24, 2.45) is 0 Å². The van der Waals surface area contributed by atoms with E-state index in [9.17, 15) is 0 Å². The maximum Gasteiger partial charge on any atom is 0.124 e. The SMILES string of the molecule is CCCc1ccc2c(c1)C(NC(C)C)CCO2. The van der Waals surface area contributed by atoms with Gasteiger partial charge in [-0.3, -0.25) is 0 Å². The number of benzene rings is 1. The number of aryl methyl sites for hydroxylation is 1. The predicted molar refractivity (Wildman–Crippen MR) is 71.6 cm³/mol. The van der Waals surface area contributed by atoms with E-state index in [-0.39, 0.29) is 0 Å². The molecule has 94 valence electrons. The van der Waals surface area contributed by atoms with Crippen molar-refractivity contribution in [3.05, 3.63) is 29.3 Å². The third-order valence-electron chi connectivity index (χ3n) is 3.19. The van der Waals surface area contributed by atoms with Crippen LogP contribution in [0.3, 0.4) is 0 Å². The number of rotatable bonds is 4. The second-order valence-corrected chi connectivity index (χ2v) is 5.13. The average molecular weight is 233 g/mol. The third-order valence-corrected chi connectivity index (χ3v) is 3.19. The van der Waals surface area contributed by atoms with Gasteiger partial charge in [0.1, 0.15) is 5.75 Å². The average Bonchev–Trinajstić information content (AvgIpc) is 2.29. The molecule has 1 unspecified atom stereocenters. The van der Waals surface area contributed by atoms with E-state index in [0.717, 1.165) is 25.2 Å². The Morgan fingerprint density at radius 2 is 2.24 bits per heavy atom. The van der Waals surface area contributed by atoms with Crippen LogP contribution < -0.4 is 10.1 Å². The van der Waals surface area contributed by atoms with Crippen LogP contribution in [-0.4, -0.2) is 12.6 Å². The van der Waals surface area contributed by atoms with Crippen molar-refractivity contribution in [3.63, 3.8) is 0 Å². The summed E-state index contributed by atoms with van der Waals surface area (Å²) in [6.45, 7) is 7.44. The minimum atomic E-state index is 0.454. The monoisotopic (exact) mass is 233 g/mol. The maximum atomic E-state index is 5.73. The molecule has 0 aliphatic carbocycles. The van der Waals surface area contributed by atoms with E-state index < -0.39 is 0 Å². The molecule has 2 nitrogen and oxygen atoms in total. The van der Waals surface area contributed by atoms with Gasteiger partial charge in [-0.25, -0.2) is 0 Å². The molecule has 0 fully saturated rings. The predicted octanol–water partition coefficient (Wildman–Crippen LogP) is 3.46. The number of hydrogen-bond donors (Lipinski definition) is 1. The summed E-state index contributed by atoms with van der Waals surface area (Å²) in [5.41, 5.74) is 2.77. The lowest BCUT2D eigenvalue weighted by Gasteiger charge is -2.29. The van der Waals surface area contributed by atoms with Crippen LogP contribution in [0, 0.1) is 0 Å². The van der Waals surface area contributed by atoms with Gasteiger partial charge in [0.2, 0.25) is 0 Å². The minimum absolute atomic E-state index is 0.454. The molecule has 1 N–H and O–H groups in total. The fourth-order valence-corrected chi connectivity index (χ4v) is 2.46. The topological polar surface area (TPSA) is 21.3 Å². The first-order valence-corrected chi connectivity index (χ1v) is 6.72. The Balaban J connectivity index is 2.24. The standard InChI is InChI=1S/C15H23NO/c1-4-5-12-6-7-15-13(10-12)14(8-9-17-15)16-11(2)3/h6-7,10-11,14,16H,4-5,8-9H2,1-3H3. The summed E-state index contributed by atoms with van der Waals surface area (Å²) in [7, 11) is 0. The molecule has 1 aliphatic heterocycles. The summed E-state index contributed by atoms with van der Waals surface area (Å²) in [5, 5.41) is 3.63. The first kappa shape index (κ1) is 12.4. The summed E-state index contributed by atoms with van der Waals surface area (Å²) in [6, 6.07) is 7.61. The van der Waals surface area contributed by atoms with Crippen LogP contribution in [0.1, 0.15) is 50.8 Å². The minimum Gasteiger partial charge on any atom is -0.493 e. The van der Waals surface area contributed by atoms with Crippen molar-refractivity contribution in [2.45, 2.75) is 52.1 Å². The lowest BCUT2D eigenvalue weighted by Crippen LogP contribution is -2.32. The highest BCUT2D eigenvalue weighted by atomic mass is 16.5. The van der Waals surface area contributed by atoms with Crippen molar-refractivity contribution < 1.29 is 4.74 Å². The van der Waals surface area contributed by atoms with Crippen LogP contribution in [0.2, 0.25) is 0 Å². The van der Waals surface area contributed by atoms with Gasteiger partial charge in [0, 0.05) is 24.1 Å². The van der Waals surface area contributed by atoms with Crippen LogP contribution >= 0.6 is 0 Å². The zero-order valence-corrected chi connectivity index (χ0v) is 11.1. The van der Waals surface area contributed by atoms with Crippen molar-refractivity contribution in [2.75, 3.05) is 6.61 Å². The fourth-order valence-electron chi connectivity index (χ4n) is 2.46. The first-order valence-electron chi connectivity index (χ1n) is 6.72. The van der Waals surface area contributed by atoms with Gasteiger partial charge in [0.15, 0.2) is 0 Å². The molecular formula is C15H23NO. The molecule has 0 aromatic heterocycles. The Morgan fingerprint density at radius 1 is 1.41 bits per heavy atom. The van der Waals surface area contributed by atoms with E-state index in [4.69, 9.17) is 4.74 Å². The molecular weight excluding hydrogens is 210 g/mol. The van der Waals surface area contributed by atoms with E-state index in [0.29, 0.717) is 12.1 Å². The molecule has 0 amide bonds. The van der Waals surface area contributed by atoms with E-state index in [1.54, 1.807) is 0 Å². The molecule has 2 heteroatoms. The van der Waals surface area contributed by atoms with Gasteiger partial charge in [-0.05, 0) is 18.1 Å². The zero-order chi connectivity index (χ0) is 12.3. The third kappa shape index (κ3) is 3.01. The number of nitrogens with one attached hydrogen (secondary N) is 1. The van der Waals surface area contributed by atoms with Crippen LogP contribution in [0.25, 0.3) is 0 Å². The van der Waals surface area contributed by atoms with Gasteiger partial charge in [0.05, 0.1) is 6.61 Å². The highest BCUT2D eigenvalue weighted by molar-refractivity contribution is 5.41. The molecule has 1 heterocycles. The molecule has 0 saturated heterocycles. The second kappa shape index (κ2) is 5.54. The summed E-state index contributed by atoms with van der Waals surface area (Å²) in [4.78, 5) is 0. The number of hydrogen-bond acceptors (Lipinski definition) is 2. The molecule has 0 saturated carbocycles. The van der Waals surface area contributed by atoms with Crippen LogP contribution in [-0.2, 0) is 6.42 Å². The summed E-state index contributed by atoms with van der Waals surface area (Å²) in [6.07, 6.45) is 3.42. The summed E-state index contributed by atoms with van der Waals surface area (Å²) < 4.78 is 5.73. The van der Waals surface area contributed by atoms with E-state index >= 15 is 0 Å². The smallest absolute Gasteiger partial charge is 0.124 e. The van der Waals surface area contributed by atoms with Gasteiger partial charge in [-0.2, -0.15) is 0 Å². The highest BCUT2D eigenvalue weighted by Crippen LogP contribution is 2.33. The van der Waals surface area contributed by atoms with Gasteiger partial charge in [0.25, 0.3) is 0 Å². The quantitative estimate of drug-likeness (QED) is 0.860. The van der Waals surface area contributed by atoms with Crippen molar-refractivity contribution in [1.29, 1.82) is 0 Å². The maximum absolute atomic E-state index is 5.73. The Kier molecular flexibility index (Phi) is 4.06.